The number of anilines is 2. The summed E-state index contributed by atoms with van der Waals surface area (Å²) in [5, 5.41) is 0. The molecule has 3 heteroatoms. The van der Waals surface area contributed by atoms with E-state index < -0.39 is 0 Å². The van der Waals surface area contributed by atoms with Crippen LogP contribution in [0.15, 0.2) is 47.5 Å². The van der Waals surface area contributed by atoms with Crippen molar-refractivity contribution in [1.29, 1.82) is 0 Å². The van der Waals surface area contributed by atoms with E-state index in [0.717, 1.165) is 11.5 Å². The number of aromatic nitrogens is 1. The second kappa shape index (κ2) is 5.88. The van der Waals surface area contributed by atoms with E-state index in [1.807, 2.05) is 36.2 Å². The maximum atomic E-state index is 4.64. The fraction of sp³-hybridized carbons (Fsp3) is 0.353. The predicted octanol–water partition coefficient (Wildman–Crippen LogP) is 5.05. The molecule has 0 unspecified atom stereocenters. The number of hydrogen-bond donors (Lipinski definition) is 0. The molecule has 0 spiro atoms. The molecule has 0 aliphatic carbocycles. The molecule has 20 heavy (non-hydrogen) atoms. The van der Waals surface area contributed by atoms with E-state index in [2.05, 4.69) is 62.8 Å². The van der Waals surface area contributed by atoms with Crippen molar-refractivity contribution in [3.63, 3.8) is 0 Å². The van der Waals surface area contributed by atoms with Gasteiger partial charge in [-0.2, -0.15) is 0 Å². The maximum Gasteiger partial charge on any atom is 0.135 e. The number of aryl methyl sites for hydroxylation is 1. The second-order valence-electron chi connectivity index (χ2n) is 5.92. The normalized spacial score (nSPS) is 11.4. The van der Waals surface area contributed by atoms with Crippen LogP contribution in [-0.2, 0) is 0 Å². The maximum absolute atomic E-state index is 4.64. The summed E-state index contributed by atoms with van der Waals surface area (Å²) in [5.74, 6) is 1.01. The fourth-order valence-electron chi connectivity index (χ4n) is 2.08. The Balaban J connectivity index is 2.26. The summed E-state index contributed by atoms with van der Waals surface area (Å²) in [5.41, 5.74) is 2.35. The van der Waals surface area contributed by atoms with Crippen LogP contribution in [0, 0.1) is 6.92 Å². The van der Waals surface area contributed by atoms with Gasteiger partial charge >= 0.3 is 0 Å². The Morgan fingerprint density at radius 3 is 2.30 bits per heavy atom. The van der Waals surface area contributed by atoms with Crippen molar-refractivity contribution >= 4 is 23.3 Å². The van der Waals surface area contributed by atoms with Gasteiger partial charge in [-0.15, -0.1) is 11.8 Å². The molecule has 0 aliphatic rings. The van der Waals surface area contributed by atoms with E-state index in [0.29, 0.717) is 0 Å². The van der Waals surface area contributed by atoms with Gasteiger partial charge < -0.3 is 4.90 Å². The highest BCUT2D eigenvalue weighted by Crippen LogP contribution is 2.34. The molecular formula is C17H22N2S. The number of hydrogen-bond acceptors (Lipinski definition) is 3. The summed E-state index contributed by atoms with van der Waals surface area (Å²) in [7, 11) is 2.06. The molecule has 1 aromatic heterocycles. The van der Waals surface area contributed by atoms with Crippen LogP contribution in [0.5, 0.6) is 0 Å². The summed E-state index contributed by atoms with van der Waals surface area (Å²) in [4.78, 5) is 7.99. The molecule has 0 radical (unpaired) electrons. The van der Waals surface area contributed by atoms with Crippen molar-refractivity contribution in [2.45, 2.75) is 37.3 Å². The Morgan fingerprint density at radius 2 is 1.75 bits per heavy atom. The van der Waals surface area contributed by atoms with Gasteiger partial charge in [0.1, 0.15) is 5.82 Å². The van der Waals surface area contributed by atoms with E-state index in [9.17, 15) is 0 Å². The molecule has 0 saturated carbocycles. The van der Waals surface area contributed by atoms with Gasteiger partial charge in [-0.3, -0.25) is 0 Å². The Bertz CT molecular complexity index is 573. The first-order chi connectivity index (χ1) is 9.37. The molecule has 0 fully saturated rings. The Morgan fingerprint density at radius 1 is 1.10 bits per heavy atom. The van der Waals surface area contributed by atoms with E-state index in [4.69, 9.17) is 0 Å². The quantitative estimate of drug-likeness (QED) is 0.735. The van der Waals surface area contributed by atoms with E-state index in [1.165, 1.54) is 10.5 Å². The molecule has 0 N–H and O–H groups in total. The molecule has 0 aliphatic heterocycles. The minimum Gasteiger partial charge on any atom is -0.329 e. The highest BCUT2D eigenvalue weighted by molar-refractivity contribution is 8.00. The van der Waals surface area contributed by atoms with Gasteiger partial charge in [0, 0.05) is 28.6 Å². The molecular weight excluding hydrogens is 264 g/mol. The monoisotopic (exact) mass is 286 g/mol. The molecule has 106 valence electrons. The third kappa shape index (κ3) is 3.76. The molecule has 0 saturated heterocycles. The van der Waals surface area contributed by atoms with Crippen LogP contribution >= 0.6 is 11.8 Å². The Labute approximate surface area is 126 Å². The van der Waals surface area contributed by atoms with Crippen LogP contribution in [0.25, 0.3) is 0 Å². The van der Waals surface area contributed by atoms with Crippen molar-refractivity contribution in [2.24, 2.45) is 0 Å². The smallest absolute Gasteiger partial charge is 0.135 e. The van der Waals surface area contributed by atoms with Crippen molar-refractivity contribution in [1.82, 2.24) is 4.98 Å². The molecule has 2 nitrogen and oxygen atoms in total. The third-order valence-corrected chi connectivity index (χ3v) is 3.98. The minimum atomic E-state index is 0.209. The summed E-state index contributed by atoms with van der Waals surface area (Å²) in [6.45, 7) is 8.78. The Hall–Kier alpha value is -1.48. The lowest BCUT2D eigenvalue weighted by Crippen LogP contribution is -2.13. The zero-order chi connectivity index (χ0) is 14.8. The van der Waals surface area contributed by atoms with Crippen molar-refractivity contribution in [3.05, 3.63) is 48.2 Å². The number of nitrogens with zero attached hydrogens (tertiary/aromatic N) is 2. The summed E-state index contributed by atoms with van der Waals surface area (Å²) >= 11 is 1.85. The van der Waals surface area contributed by atoms with Gasteiger partial charge in [0.2, 0.25) is 0 Å². The topological polar surface area (TPSA) is 16.1 Å². The summed E-state index contributed by atoms with van der Waals surface area (Å²) in [6.07, 6.45) is 1.97. The van der Waals surface area contributed by atoms with Crippen molar-refractivity contribution in [3.8, 4) is 0 Å². The van der Waals surface area contributed by atoms with Gasteiger partial charge in [0.05, 0.1) is 0 Å². The van der Waals surface area contributed by atoms with Crippen LogP contribution in [0.2, 0.25) is 0 Å². The molecule has 0 bridgehead atoms. The first-order valence-corrected chi connectivity index (χ1v) is 7.63. The summed E-state index contributed by atoms with van der Waals surface area (Å²) < 4.78 is 0.209. The largest absolute Gasteiger partial charge is 0.329 e. The zero-order valence-electron chi connectivity index (χ0n) is 12.8. The van der Waals surface area contributed by atoms with Gasteiger partial charge in [-0.25, -0.2) is 4.98 Å². The standard InChI is InChI=1S/C17H22N2S/c1-13-11-15(20-17(2,3)4)12-18-16(13)19(5)14-9-7-6-8-10-14/h6-12H,1-5H3. The minimum absolute atomic E-state index is 0.209. The first-order valence-electron chi connectivity index (χ1n) is 6.81. The Kier molecular flexibility index (Phi) is 4.39. The first kappa shape index (κ1) is 14.9. The zero-order valence-corrected chi connectivity index (χ0v) is 13.7. The third-order valence-electron chi connectivity index (χ3n) is 2.91. The predicted molar refractivity (Wildman–Crippen MR) is 89.1 cm³/mol. The van der Waals surface area contributed by atoms with Crippen LogP contribution in [-0.4, -0.2) is 16.8 Å². The number of thioether (sulfide) groups is 1. The highest BCUT2D eigenvalue weighted by Gasteiger charge is 2.14. The number of pyridine rings is 1. The molecule has 1 aromatic carbocycles. The number of benzene rings is 1. The lowest BCUT2D eigenvalue weighted by atomic mass is 10.2. The van der Waals surface area contributed by atoms with Gasteiger partial charge in [0.15, 0.2) is 0 Å². The number of rotatable bonds is 3. The van der Waals surface area contributed by atoms with Crippen LogP contribution < -0.4 is 4.90 Å². The van der Waals surface area contributed by atoms with E-state index in [-0.39, 0.29) is 4.75 Å². The highest BCUT2D eigenvalue weighted by atomic mass is 32.2. The molecule has 1 heterocycles. The van der Waals surface area contributed by atoms with E-state index in [1.54, 1.807) is 0 Å². The molecule has 2 rings (SSSR count). The van der Waals surface area contributed by atoms with Crippen LogP contribution in [0.1, 0.15) is 26.3 Å². The van der Waals surface area contributed by atoms with Crippen molar-refractivity contribution in [2.75, 3.05) is 11.9 Å². The van der Waals surface area contributed by atoms with Crippen LogP contribution in [0.3, 0.4) is 0 Å². The second-order valence-corrected chi connectivity index (χ2v) is 7.82. The van der Waals surface area contributed by atoms with Crippen molar-refractivity contribution < 1.29 is 0 Å². The average Bonchev–Trinajstić information content (AvgIpc) is 2.37. The molecule has 2 aromatic rings. The molecule has 0 atom stereocenters. The molecule has 0 amide bonds. The van der Waals surface area contributed by atoms with Crippen LogP contribution in [0.4, 0.5) is 11.5 Å². The SMILES string of the molecule is Cc1cc(SC(C)(C)C)cnc1N(C)c1ccccc1. The van der Waals surface area contributed by atoms with Gasteiger partial charge in [0.25, 0.3) is 0 Å². The fourth-order valence-corrected chi connectivity index (χ4v) is 3.12. The van der Waals surface area contributed by atoms with Gasteiger partial charge in [-0.1, -0.05) is 39.0 Å². The van der Waals surface area contributed by atoms with E-state index >= 15 is 0 Å². The average molecular weight is 286 g/mol. The summed E-state index contributed by atoms with van der Waals surface area (Å²) in [6, 6.07) is 12.5. The number of para-hydroxylation sites is 1. The van der Waals surface area contributed by atoms with Gasteiger partial charge in [-0.05, 0) is 30.7 Å². The lowest BCUT2D eigenvalue weighted by Gasteiger charge is -2.22. The lowest BCUT2D eigenvalue weighted by molar-refractivity contribution is 0.802.